The number of benzene rings is 10. The Morgan fingerprint density at radius 3 is 0.553 bits per heavy atom. The van der Waals surface area contributed by atoms with E-state index in [9.17, 15) is 0 Å². The van der Waals surface area contributed by atoms with Crippen molar-refractivity contribution in [1.82, 2.24) is 0 Å². The highest BCUT2D eigenvalue weighted by Crippen LogP contribution is 2.72. The molecule has 6 aliphatic carbocycles. The van der Waals surface area contributed by atoms with Gasteiger partial charge in [0.1, 0.15) is 0 Å². The minimum Gasteiger partial charge on any atom is -0.0654 e. The van der Waals surface area contributed by atoms with E-state index < -0.39 is 0 Å². The molecule has 0 saturated heterocycles. The van der Waals surface area contributed by atoms with Crippen molar-refractivity contribution in [1.29, 1.82) is 0 Å². The van der Waals surface area contributed by atoms with Crippen LogP contribution in [-0.4, -0.2) is 0 Å². The Morgan fingerprint density at radius 1 is 0.167 bits per heavy atom. The summed E-state index contributed by atoms with van der Waals surface area (Å²) >= 11 is 0. The van der Waals surface area contributed by atoms with Gasteiger partial charge in [-0.25, -0.2) is 0 Å². The second kappa shape index (κ2) is 33.7. The summed E-state index contributed by atoms with van der Waals surface area (Å²) in [5, 5.41) is 0. The molecule has 0 radical (unpaired) electrons. The minimum atomic E-state index is -0.232. The van der Waals surface area contributed by atoms with Crippen LogP contribution in [0.25, 0.3) is 100 Å². The van der Waals surface area contributed by atoms with Crippen LogP contribution in [0.3, 0.4) is 0 Å². The van der Waals surface area contributed by atoms with Crippen LogP contribution < -0.4 is 0 Å². The van der Waals surface area contributed by atoms with E-state index in [0.717, 1.165) is 38.5 Å². The summed E-state index contributed by atoms with van der Waals surface area (Å²) in [4.78, 5) is 0. The predicted molar refractivity (Wildman–Crippen MR) is 494 cm³/mol. The fourth-order valence-corrected chi connectivity index (χ4v) is 25.4. The average molecular weight is 1510 g/mol. The van der Waals surface area contributed by atoms with Gasteiger partial charge in [-0.3, -0.25) is 0 Å². The van der Waals surface area contributed by atoms with Gasteiger partial charge >= 0.3 is 0 Å². The second-order valence-electron chi connectivity index (χ2n) is 36.9. The molecule has 0 N–H and O–H groups in total. The van der Waals surface area contributed by atoms with Crippen LogP contribution in [0.2, 0.25) is 0 Å². The molecule has 114 heavy (non-hydrogen) atoms. The van der Waals surface area contributed by atoms with Gasteiger partial charge in [0.2, 0.25) is 0 Å². The predicted octanol–water partition coefficient (Wildman–Crippen LogP) is 34.6. The van der Waals surface area contributed by atoms with Gasteiger partial charge in [-0.2, -0.15) is 0 Å². The first kappa shape index (κ1) is 80.0. The third kappa shape index (κ3) is 12.7. The summed E-state index contributed by atoms with van der Waals surface area (Å²) in [6.45, 7) is 29.7. The molecule has 0 nitrogen and oxygen atoms in total. The molecule has 0 amide bonds. The van der Waals surface area contributed by atoms with Crippen molar-refractivity contribution < 1.29 is 0 Å². The van der Waals surface area contributed by atoms with E-state index in [2.05, 4.69) is 265 Å². The molecule has 16 rings (SSSR count). The van der Waals surface area contributed by atoms with E-state index in [4.69, 9.17) is 0 Å². The molecule has 0 heteroatoms. The normalized spacial score (nSPS) is 16.0. The Labute approximate surface area is 691 Å². The van der Waals surface area contributed by atoms with Gasteiger partial charge < -0.3 is 0 Å². The van der Waals surface area contributed by atoms with Crippen LogP contribution in [0, 0.1) is 0 Å². The highest BCUT2D eigenvalue weighted by molar-refractivity contribution is 6.06. The number of rotatable bonds is 39. The van der Waals surface area contributed by atoms with Gasteiger partial charge in [0, 0.05) is 32.5 Å². The van der Waals surface area contributed by atoms with Crippen molar-refractivity contribution in [2.75, 3.05) is 0 Å². The lowest BCUT2D eigenvalue weighted by molar-refractivity contribution is 0.401. The zero-order chi connectivity index (χ0) is 79.0. The van der Waals surface area contributed by atoms with Crippen molar-refractivity contribution in [3.63, 3.8) is 0 Å². The number of fused-ring (bicyclic) bond motifs is 21. The summed E-state index contributed by atoms with van der Waals surface area (Å²) < 4.78 is 0. The van der Waals surface area contributed by atoms with Gasteiger partial charge in [-0.1, -0.05) is 383 Å². The summed E-state index contributed by atoms with van der Waals surface area (Å²) in [5.41, 5.74) is 44.9. The van der Waals surface area contributed by atoms with Crippen LogP contribution >= 0.6 is 0 Å². The van der Waals surface area contributed by atoms with E-state index in [1.807, 2.05) is 0 Å². The lowest BCUT2D eigenvalue weighted by Gasteiger charge is -2.37. The number of hydrogen-bond donors (Lipinski definition) is 0. The lowest BCUT2D eigenvalue weighted by Crippen LogP contribution is -2.29. The van der Waals surface area contributed by atoms with Crippen molar-refractivity contribution in [3.8, 4) is 100 Å². The molecule has 0 spiro atoms. The van der Waals surface area contributed by atoms with Crippen LogP contribution in [0.1, 0.15) is 381 Å². The lowest BCUT2D eigenvalue weighted by atomic mass is 9.65. The molecular weight excluding hydrogens is 1370 g/mol. The van der Waals surface area contributed by atoms with Crippen LogP contribution in [0.5, 0.6) is 0 Å². The quantitative estimate of drug-likeness (QED) is 0.0337. The Kier molecular flexibility index (Phi) is 23.6. The molecule has 0 aliphatic heterocycles. The topological polar surface area (TPSA) is 0 Å². The standard InChI is InChI=1S/C114H138/c1-13-25-31-43-67-112(68-44-32-26-14-2)94-52-40-37-49-85(94)88-61-55-79(73-97(88)112)82-58-64-91-100(76-82)109(19-7,20-8)106-103(91)107-105(93-66-60-84(78-102(93)110(107,21-9)22-10)81-57-63-90-87-51-39-42-54-96(87)114(99(90)75-81,71-47-35-29-17-5)72-48-36-30-18-6)108-104(106)92-65-59-83(77-101(92)111(108,23-11)24-12)80-56-62-89-86-50-38-41-53-95(86)113(98(89)74-80,69-45-33-27-15-3)70-46-34-28-16-4/h37-42,49-66,73-78H,13-36,43-48,67-72H2,1-12H3. The van der Waals surface area contributed by atoms with Gasteiger partial charge in [0.05, 0.1) is 0 Å². The largest absolute Gasteiger partial charge is 0.0654 e. The number of unbranched alkanes of at least 4 members (excludes halogenated alkanes) is 18. The Balaban J connectivity index is 0.907. The smallest absolute Gasteiger partial charge is 0.0216 e. The first-order valence-corrected chi connectivity index (χ1v) is 47.4. The van der Waals surface area contributed by atoms with Crippen molar-refractivity contribution >= 4 is 0 Å². The molecule has 594 valence electrons. The van der Waals surface area contributed by atoms with E-state index in [0.29, 0.717) is 0 Å². The highest BCUT2D eigenvalue weighted by atomic mass is 14.6. The average Bonchev–Trinajstić information content (AvgIpc) is 1.48. The number of hydrogen-bond acceptors (Lipinski definition) is 0. The molecule has 6 aliphatic rings. The molecule has 10 aromatic carbocycles. The SMILES string of the molecule is CCCCCCC1(CCCCCC)c2ccccc2-c2ccc(-c3ccc4c(c3)C(CC)(CC)c3c-4c4c(c5c3-c3ccc(-c6ccc7c(c6)C(CCCCCC)(CCCCCC)c6ccccc6-7)cc3C5(CC)CC)-c3ccc(-c5ccc6c(c5)C(CCCCCC)(CCCCCC)c5ccccc5-6)cc3C4(CC)CC)cc21. The highest BCUT2D eigenvalue weighted by Gasteiger charge is 2.57. The monoisotopic (exact) mass is 1510 g/mol. The van der Waals surface area contributed by atoms with E-state index in [1.165, 1.54) is 276 Å². The van der Waals surface area contributed by atoms with Crippen molar-refractivity contribution in [2.24, 2.45) is 0 Å². The Bertz CT molecular complexity index is 4550. The molecule has 10 aromatic rings. The third-order valence-electron chi connectivity index (χ3n) is 31.5. The minimum absolute atomic E-state index is 0.0163. The summed E-state index contributed by atoms with van der Waals surface area (Å²) in [6.07, 6.45) is 44.5. The molecule has 0 atom stereocenters. The van der Waals surface area contributed by atoms with Gasteiger partial charge in [0.25, 0.3) is 0 Å². The summed E-state index contributed by atoms with van der Waals surface area (Å²) in [6, 6.07) is 76.5. The van der Waals surface area contributed by atoms with Gasteiger partial charge in [-0.15, -0.1) is 0 Å². The van der Waals surface area contributed by atoms with Crippen LogP contribution in [0.4, 0.5) is 0 Å². The Hall–Kier alpha value is -7.80. The molecular formula is C114H138. The molecule has 0 aromatic heterocycles. The third-order valence-corrected chi connectivity index (χ3v) is 31.5. The van der Waals surface area contributed by atoms with E-state index in [1.54, 1.807) is 83.5 Å². The first-order chi connectivity index (χ1) is 55.9. The van der Waals surface area contributed by atoms with Gasteiger partial charge in [-0.05, 0) is 280 Å². The first-order valence-electron chi connectivity index (χ1n) is 47.4. The maximum atomic E-state index is 2.78. The summed E-state index contributed by atoms with van der Waals surface area (Å²) in [7, 11) is 0. The molecule has 0 bridgehead atoms. The van der Waals surface area contributed by atoms with Crippen LogP contribution in [-0.2, 0) is 32.5 Å². The molecule has 0 heterocycles. The molecule has 0 unspecified atom stereocenters. The van der Waals surface area contributed by atoms with Crippen molar-refractivity contribution in [2.45, 2.75) is 347 Å². The fourth-order valence-electron chi connectivity index (χ4n) is 25.4. The van der Waals surface area contributed by atoms with E-state index in [-0.39, 0.29) is 32.5 Å². The zero-order valence-corrected chi connectivity index (χ0v) is 72.8. The van der Waals surface area contributed by atoms with Crippen LogP contribution in [0.15, 0.2) is 182 Å². The zero-order valence-electron chi connectivity index (χ0n) is 72.8. The van der Waals surface area contributed by atoms with Crippen molar-refractivity contribution in [3.05, 3.63) is 249 Å². The Morgan fingerprint density at radius 2 is 0.351 bits per heavy atom. The van der Waals surface area contributed by atoms with E-state index >= 15 is 0 Å². The summed E-state index contributed by atoms with van der Waals surface area (Å²) in [5.74, 6) is 0. The second-order valence-corrected chi connectivity index (χ2v) is 36.9. The molecule has 0 fully saturated rings. The fraction of sp³-hybridized carbons (Fsp3) is 0.474. The molecule has 0 saturated carbocycles. The maximum Gasteiger partial charge on any atom is 0.0216 e. The van der Waals surface area contributed by atoms with Gasteiger partial charge in [0.15, 0.2) is 0 Å². The maximum absolute atomic E-state index is 2.78.